The summed E-state index contributed by atoms with van der Waals surface area (Å²) in [5.74, 6) is 0.288. The zero-order valence-corrected chi connectivity index (χ0v) is 15.6. The molecular weight excluding hydrogens is 283 g/mol. The van der Waals surface area contributed by atoms with E-state index in [1.54, 1.807) is 0 Å². The third-order valence-electron chi connectivity index (χ3n) is 5.29. The Bertz CT molecular complexity index is 518. The van der Waals surface area contributed by atoms with Gasteiger partial charge in [-0.05, 0) is 59.4 Å². The highest BCUT2D eigenvalue weighted by atomic mass is 16.7. The molecule has 1 heterocycles. The molecule has 1 saturated heterocycles. The maximum absolute atomic E-state index is 6.29. The van der Waals surface area contributed by atoms with Gasteiger partial charge in [0.15, 0.2) is 0 Å². The van der Waals surface area contributed by atoms with E-state index in [1.165, 1.54) is 11.1 Å². The van der Waals surface area contributed by atoms with Gasteiger partial charge in [0.1, 0.15) is 0 Å². The number of hydrogen-bond donors (Lipinski definition) is 0. The second kappa shape index (κ2) is 7.23. The fourth-order valence-corrected chi connectivity index (χ4v) is 2.82. The predicted molar refractivity (Wildman–Crippen MR) is 98.6 cm³/mol. The average Bonchev–Trinajstić information content (AvgIpc) is 2.72. The molecule has 0 bridgehead atoms. The largest absolute Gasteiger partial charge is 0.465 e. The van der Waals surface area contributed by atoms with Crippen LogP contribution >= 0.6 is 0 Å². The summed E-state index contributed by atoms with van der Waals surface area (Å²) in [6.45, 7) is 12.9. The van der Waals surface area contributed by atoms with Crippen LogP contribution in [0.1, 0.15) is 59.9 Å². The third-order valence-corrected chi connectivity index (χ3v) is 5.29. The van der Waals surface area contributed by atoms with Gasteiger partial charge in [-0.15, -0.1) is 0 Å². The molecular formula is C20H31BO2. The van der Waals surface area contributed by atoms with Crippen LogP contribution in [0.3, 0.4) is 0 Å². The van der Waals surface area contributed by atoms with Crippen LogP contribution in [0, 0.1) is 0 Å². The minimum absolute atomic E-state index is 0.162. The first kappa shape index (κ1) is 18.3. The zero-order valence-electron chi connectivity index (χ0n) is 15.6. The summed E-state index contributed by atoms with van der Waals surface area (Å²) in [5, 5.41) is 0. The lowest BCUT2D eigenvalue weighted by molar-refractivity contribution is 0.00578. The monoisotopic (exact) mass is 314 g/mol. The van der Waals surface area contributed by atoms with Gasteiger partial charge in [-0.3, -0.25) is 0 Å². The van der Waals surface area contributed by atoms with E-state index >= 15 is 0 Å². The standard InChI is InChI=1S/C20H31BO2/c1-7-16(2)15-18(14-13-17-11-9-8-10-12-17)21-22-19(3,4)20(5,6)23-21/h8-12,15,18H,7,13-14H2,1-6H3/b16-15+/t18-/m0/s1. The van der Waals surface area contributed by atoms with E-state index in [0.29, 0.717) is 0 Å². The molecule has 126 valence electrons. The Labute approximate surface area is 142 Å². The van der Waals surface area contributed by atoms with Crippen LogP contribution in [0.2, 0.25) is 5.82 Å². The summed E-state index contributed by atoms with van der Waals surface area (Å²) in [7, 11) is -0.162. The van der Waals surface area contributed by atoms with E-state index in [9.17, 15) is 0 Å². The molecule has 1 fully saturated rings. The van der Waals surface area contributed by atoms with E-state index in [1.807, 2.05) is 0 Å². The summed E-state index contributed by atoms with van der Waals surface area (Å²) in [4.78, 5) is 0. The molecule has 0 N–H and O–H groups in total. The molecule has 1 aromatic carbocycles. The Morgan fingerprint density at radius 2 is 1.65 bits per heavy atom. The molecule has 1 aliphatic rings. The topological polar surface area (TPSA) is 18.5 Å². The zero-order chi connectivity index (χ0) is 17.1. The molecule has 0 unspecified atom stereocenters. The highest BCUT2D eigenvalue weighted by Gasteiger charge is 2.53. The Morgan fingerprint density at radius 3 is 2.17 bits per heavy atom. The molecule has 0 spiro atoms. The van der Waals surface area contributed by atoms with Crippen LogP contribution in [-0.4, -0.2) is 18.3 Å². The van der Waals surface area contributed by atoms with E-state index in [4.69, 9.17) is 9.31 Å². The maximum Gasteiger partial charge on any atom is 0.465 e. The first-order valence-corrected chi connectivity index (χ1v) is 8.82. The average molecular weight is 314 g/mol. The van der Waals surface area contributed by atoms with Crippen molar-refractivity contribution in [1.82, 2.24) is 0 Å². The summed E-state index contributed by atoms with van der Waals surface area (Å²) in [6.07, 6.45) is 5.51. The van der Waals surface area contributed by atoms with E-state index in [-0.39, 0.29) is 24.1 Å². The highest BCUT2D eigenvalue weighted by molar-refractivity contribution is 6.48. The van der Waals surface area contributed by atoms with Gasteiger partial charge in [0.05, 0.1) is 11.2 Å². The van der Waals surface area contributed by atoms with Crippen molar-refractivity contribution in [3.05, 3.63) is 47.5 Å². The molecule has 1 aliphatic heterocycles. The second-order valence-corrected chi connectivity index (χ2v) is 7.68. The molecule has 1 aromatic rings. The predicted octanol–water partition coefficient (Wildman–Crippen LogP) is 5.44. The third kappa shape index (κ3) is 4.48. The van der Waals surface area contributed by atoms with E-state index < -0.39 is 0 Å². The van der Waals surface area contributed by atoms with Gasteiger partial charge in [-0.25, -0.2) is 0 Å². The molecule has 0 aromatic heterocycles. The van der Waals surface area contributed by atoms with Gasteiger partial charge >= 0.3 is 7.12 Å². The SMILES string of the molecule is CC/C(C)=C/[C@H](CCc1ccccc1)B1OC(C)(C)C(C)(C)O1. The van der Waals surface area contributed by atoms with E-state index in [2.05, 4.69) is 78.0 Å². The molecule has 23 heavy (non-hydrogen) atoms. The summed E-state index contributed by atoms with van der Waals surface area (Å²) in [6, 6.07) is 10.7. The van der Waals surface area contributed by atoms with Gasteiger partial charge in [0, 0.05) is 5.82 Å². The highest BCUT2D eigenvalue weighted by Crippen LogP contribution is 2.41. The lowest BCUT2D eigenvalue weighted by atomic mass is 9.68. The summed E-state index contributed by atoms with van der Waals surface area (Å²) in [5.41, 5.74) is 2.24. The van der Waals surface area contributed by atoms with Crippen LogP contribution in [0.4, 0.5) is 0 Å². The second-order valence-electron chi connectivity index (χ2n) is 7.68. The van der Waals surface area contributed by atoms with Gasteiger partial charge in [0.2, 0.25) is 0 Å². The quantitative estimate of drug-likeness (QED) is 0.514. The Balaban J connectivity index is 2.12. The van der Waals surface area contributed by atoms with Gasteiger partial charge in [-0.2, -0.15) is 0 Å². The van der Waals surface area contributed by atoms with E-state index in [0.717, 1.165) is 19.3 Å². The number of allylic oxidation sites excluding steroid dienone is 2. The van der Waals surface area contributed by atoms with Crippen molar-refractivity contribution >= 4 is 7.12 Å². The first-order valence-electron chi connectivity index (χ1n) is 8.82. The number of rotatable bonds is 6. The first-order chi connectivity index (χ1) is 10.7. The van der Waals surface area contributed by atoms with Crippen molar-refractivity contribution in [2.45, 2.75) is 77.8 Å². The van der Waals surface area contributed by atoms with Crippen LogP contribution in [0.5, 0.6) is 0 Å². The smallest absolute Gasteiger partial charge is 0.403 e. The summed E-state index contributed by atoms with van der Waals surface area (Å²) >= 11 is 0. The van der Waals surface area contributed by atoms with Gasteiger partial charge in [0.25, 0.3) is 0 Å². The van der Waals surface area contributed by atoms with Crippen LogP contribution in [-0.2, 0) is 15.7 Å². The van der Waals surface area contributed by atoms with Gasteiger partial charge in [-0.1, -0.05) is 48.9 Å². The van der Waals surface area contributed by atoms with Crippen molar-refractivity contribution in [2.24, 2.45) is 0 Å². The maximum atomic E-state index is 6.29. The molecule has 2 rings (SSSR count). The van der Waals surface area contributed by atoms with Crippen molar-refractivity contribution in [2.75, 3.05) is 0 Å². The molecule has 0 radical (unpaired) electrons. The van der Waals surface area contributed by atoms with Crippen LogP contribution in [0.25, 0.3) is 0 Å². The van der Waals surface area contributed by atoms with Crippen molar-refractivity contribution in [1.29, 1.82) is 0 Å². The number of benzene rings is 1. The lowest BCUT2D eigenvalue weighted by Crippen LogP contribution is -2.41. The Hall–Kier alpha value is -1.06. The minimum atomic E-state index is -0.267. The minimum Gasteiger partial charge on any atom is -0.403 e. The van der Waals surface area contributed by atoms with Crippen LogP contribution < -0.4 is 0 Å². The Kier molecular flexibility index (Phi) is 5.75. The number of hydrogen-bond acceptors (Lipinski definition) is 2. The molecule has 3 heteroatoms. The molecule has 0 amide bonds. The summed E-state index contributed by atoms with van der Waals surface area (Å²) < 4.78 is 12.6. The fraction of sp³-hybridized carbons (Fsp3) is 0.600. The van der Waals surface area contributed by atoms with Crippen molar-refractivity contribution in [3.8, 4) is 0 Å². The lowest BCUT2D eigenvalue weighted by Gasteiger charge is -2.32. The van der Waals surface area contributed by atoms with Crippen LogP contribution in [0.15, 0.2) is 42.0 Å². The molecule has 0 aliphatic carbocycles. The normalized spacial score (nSPS) is 21.5. The van der Waals surface area contributed by atoms with Gasteiger partial charge < -0.3 is 9.31 Å². The Morgan fingerprint density at radius 1 is 1.09 bits per heavy atom. The van der Waals surface area contributed by atoms with Crippen molar-refractivity contribution in [3.63, 3.8) is 0 Å². The number of aryl methyl sites for hydroxylation is 1. The molecule has 1 atom stereocenters. The molecule has 0 saturated carbocycles. The fourth-order valence-electron chi connectivity index (χ4n) is 2.82. The molecule has 2 nitrogen and oxygen atoms in total. The van der Waals surface area contributed by atoms with Crippen molar-refractivity contribution < 1.29 is 9.31 Å².